The molecule has 2 nitrogen and oxygen atoms in total. The zero-order chi connectivity index (χ0) is 7.72. The maximum Gasteiger partial charge on any atom is 0.219 e. The molecule has 1 heterocycles. The van der Waals surface area contributed by atoms with E-state index in [9.17, 15) is 4.79 Å². The summed E-state index contributed by atoms with van der Waals surface area (Å²) in [6, 6.07) is 0.931. The fourth-order valence-electron chi connectivity index (χ4n) is 1.82. The number of nitrogens with zero attached hydrogens (tertiary/aromatic N) is 1. The molecule has 0 aromatic carbocycles. The van der Waals surface area contributed by atoms with Gasteiger partial charge in [-0.3, -0.25) is 4.79 Å². The van der Waals surface area contributed by atoms with Gasteiger partial charge in [0.15, 0.2) is 0 Å². The van der Waals surface area contributed by atoms with Gasteiger partial charge in [0.05, 0.1) is 0 Å². The molecule has 0 unspecified atom stereocenters. The number of amides is 1. The fourth-order valence-corrected chi connectivity index (χ4v) is 1.82. The van der Waals surface area contributed by atoms with Crippen molar-refractivity contribution in [3.8, 4) is 0 Å². The molecule has 0 aromatic rings. The van der Waals surface area contributed by atoms with Crippen molar-refractivity contribution in [3.63, 3.8) is 0 Å². The normalized spacial score (nSPS) is 32.9. The zero-order valence-corrected chi connectivity index (χ0v) is 6.92. The first-order valence-corrected chi connectivity index (χ1v) is 3.92. The summed E-state index contributed by atoms with van der Waals surface area (Å²) in [5.41, 5.74) is 0. The van der Waals surface area contributed by atoms with Crippen molar-refractivity contribution in [2.75, 3.05) is 0 Å². The third-order valence-corrected chi connectivity index (χ3v) is 2.32. The minimum atomic E-state index is 0.220. The molecule has 2 heteroatoms. The fraction of sp³-hybridized carbons (Fsp3) is 0.875. The van der Waals surface area contributed by atoms with E-state index in [2.05, 4.69) is 13.8 Å². The second kappa shape index (κ2) is 2.60. The maximum absolute atomic E-state index is 11.0. The zero-order valence-electron chi connectivity index (χ0n) is 6.92. The molecule has 0 aromatic heterocycles. The molecule has 0 N–H and O–H groups in total. The molecule has 1 saturated heterocycles. The molecule has 1 aliphatic rings. The molecule has 1 fully saturated rings. The second-order valence-electron chi connectivity index (χ2n) is 3.20. The van der Waals surface area contributed by atoms with Gasteiger partial charge in [-0.05, 0) is 26.7 Å². The summed E-state index contributed by atoms with van der Waals surface area (Å²) in [7, 11) is 0. The van der Waals surface area contributed by atoms with Crippen LogP contribution in [0.1, 0.15) is 33.6 Å². The van der Waals surface area contributed by atoms with Crippen LogP contribution in [0.3, 0.4) is 0 Å². The first-order valence-electron chi connectivity index (χ1n) is 3.92. The van der Waals surface area contributed by atoms with Gasteiger partial charge in [-0.15, -0.1) is 0 Å². The van der Waals surface area contributed by atoms with E-state index in [1.165, 1.54) is 12.8 Å². The van der Waals surface area contributed by atoms with E-state index in [1.54, 1.807) is 6.92 Å². The van der Waals surface area contributed by atoms with Crippen molar-refractivity contribution in [2.45, 2.75) is 45.7 Å². The van der Waals surface area contributed by atoms with Gasteiger partial charge < -0.3 is 4.90 Å². The maximum atomic E-state index is 11.0. The molecule has 0 saturated carbocycles. The van der Waals surface area contributed by atoms with E-state index in [1.807, 2.05) is 4.90 Å². The summed E-state index contributed by atoms with van der Waals surface area (Å²) in [5, 5.41) is 0. The van der Waals surface area contributed by atoms with Gasteiger partial charge in [0.1, 0.15) is 0 Å². The number of carbonyl (C=O) groups is 1. The van der Waals surface area contributed by atoms with E-state index in [0.29, 0.717) is 12.1 Å². The SMILES string of the molecule is CC(=O)N1[C@H](C)CC[C@H]1C. The van der Waals surface area contributed by atoms with Crippen LogP contribution >= 0.6 is 0 Å². The molecule has 1 rings (SSSR count). The molecular formula is C8H15NO. The summed E-state index contributed by atoms with van der Waals surface area (Å²) in [5.74, 6) is 0.220. The summed E-state index contributed by atoms with van der Waals surface area (Å²) < 4.78 is 0. The molecule has 10 heavy (non-hydrogen) atoms. The van der Waals surface area contributed by atoms with Crippen LogP contribution < -0.4 is 0 Å². The van der Waals surface area contributed by atoms with Crippen LogP contribution in [0.4, 0.5) is 0 Å². The predicted octanol–water partition coefficient (Wildman–Crippen LogP) is 1.41. The molecule has 0 aliphatic carbocycles. The Kier molecular flexibility index (Phi) is 1.97. The summed E-state index contributed by atoms with van der Waals surface area (Å²) in [4.78, 5) is 13.0. The van der Waals surface area contributed by atoms with Crippen molar-refractivity contribution in [3.05, 3.63) is 0 Å². The largest absolute Gasteiger partial charge is 0.338 e. The highest BCUT2D eigenvalue weighted by Gasteiger charge is 2.28. The smallest absolute Gasteiger partial charge is 0.219 e. The Morgan fingerprint density at radius 2 is 1.70 bits per heavy atom. The van der Waals surface area contributed by atoms with Gasteiger partial charge >= 0.3 is 0 Å². The van der Waals surface area contributed by atoms with Crippen molar-refractivity contribution in [2.24, 2.45) is 0 Å². The van der Waals surface area contributed by atoms with Gasteiger partial charge in [0.2, 0.25) is 5.91 Å². The topological polar surface area (TPSA) is 20.3 Å². The highest BCUT2D eigenvalue weighted by Crippen LogP contribution is 2.22. The Morgan fingerprint density at radius 3 is 1.90 bits per heavy atom. The van der Waals surface area contributed by atoms with Crippen molar-refractivity contribution in [1.29, 1.82) is 0 Å². The first-order chi connectivity index (χ1) is 4.63. The standard InChI is InChI=1S/C8H15NO/c1-6-4-5-7(2)9(6)8(3)10/h6-7H,4-5H2,1-3H3/t6-,7-/m1/s1. The van der Waals surface area contributed by atoms with E-state index in [0.717, 1.165) is 0 Å². The Balaban J connectivity index is 2.63. The highest BCUT2D eigenvalue weighted by atomic mass is 16.2. The highest BCUT2D eigenvalue weighted by molar-refractivity contribution is 5.74. The van der Waals surface area contributed by atoms with Crippen LogP contribution in [0.5, 0.6) is 0 Å². The minimum Gasteiger partial charge on any atom is -0.338 e. The summed E-state index contributed by atoms with van der Waals surface area (Å²) >= 11 is 0. The van der Waals surface area contributed by atoms with Crippen LogP contribution in [-0.4, -0.2) is 22.9 Å². The molecule has 0 spiro atoms. The molecule has 1 amide bonds. The lowest BCUT2D eigenvalue weighted by Crippen LogP contribution is -2.36. The van der Waals surface area contributed by atoms with Crippen molar-refractivity contribution < 1.29 is 4.79 Å². The number of likely N-dealkylation sites (tertiary alicyclic amines) is 1. The van der Waals surface area contributed by atoms with E-state index in [4.69, 9.17) is 0 Å². The molecule has 0 radical (unpaired) electrons. The van der Waals surface area contributed by atoms with Crippen LogP contribution in [-0.2, 0) is 4.79 Å². The molecule has 58 valence electrons. The van der Waals surface area contributed by atoms with Gasteiger partial charge in [0, 0.05) is 19.0 Å². The third-order valence-electron chi connectivity index (χ3n) is 2.32. The number of rotatable bonds is 0. The number of hydrogen-bond acceptors (Lipinski definition) is 1. The van der Waals surface area contributed by atoms with E-state index >= 15 is 0 Å². The summed E-state index contributed by atoms with van der Waals surface area (Å²) in [6.45, 7) is 5.88. The van der Waals surface area contributed by atoms with Crippen molar-refractivity contribution >= 4 is 5.91 Å². The molecule has 2 atom stereocenters. The Labute approximate surface area is 62.2 Å². The number of carbonyl (C=O) groups excluding carboxylic acids is 1. The lowest BCUT2D eigenvalue weighted by molar-refractivity contribution is -0.131. The van der Waals surface area contributed by atoms with Crippen LogP contribution in [0.25, 0.3) is 0 Å². The third kappa shape index (κ3) is 1.15. The van der Waals surface area contributed by atoms with Gasteiger partial charge in [-0.1, -0.05) is 0 Å². The minimum absolute atomic E-state index is 0.220. The Bertz CT molecular complexity index is 134. The average molecular weight is 141 g/mol. The lowest BCUT2D eigenvalue weighted by atomic mass is 10.2. The molecule has 1 aliphatic heterocycles. The monoisotopic (exact) mass is 141 g/mol. The van der Waals surface area contributed by atoms with Gasteiger partial charge in [-0.25, -0.2) is 0 Å². The first kappa shape index (κ1) is 7.58. The summed E-state index contributed by atoms with van der Waals surface area (Å²) in [6.07, 6.45) is 2.33. The lowest BCUT2D eigenvalue weighted by Gasteiger charge is -2.24. The predicted molar refractivity (Wildman–Crippen MR) is 40.7 cm³/mol. The van der Waals surface area contributed by atoms with Gasteiger partial charge in [0.25, 0.3) is 0 Å². The van der Waals surface area contributed by atoms with E-state index in [-0.39, 0.29) is 5.91 Å². The number of hydrogen-bond donors (Lipinski definition) is 0. The van der Waals surface area contributed by atoms with Crippen LogP contribution in [0, 0.1) is 0 Å². The van der Waals surface area contributed by atoms with Gasteiger partial charge in [-0.2, -0.15) is 0 Å². The van der Waals surface area contributed by atoms with E-state index < -0.39 is 0 Å². The second-order valence-corrected chi connectivity index (χ2v) is 3.20. The van der Waals surface area contributed by atoms with Crippen molar-refractivity contribution in [1.82, 2.24) is 4.90 Å². The average Bonchev–Trinajstić information content (AvgIpc) is 2.11. The Hall–Kier alpha value is -0.530. The molecular weight excluding hydrogens is 126 g/mol. The molecule has 0 bridgehead atoms. The van der Waals surface area contributed by atoms with Crippen LogP contribution in [0.2, 0.25) is 0 Å². The quantitative estimate of drug-likeness (QED) is 0.499. The Morgan fingerprint density at radius 1 is 1.30 bits per heavy atom. The van der Waals surface area contributed by atoms with Crippen LogP contribution in [0.15, 0.2) is 0 Å².